The minimum atomic E-state index is -0.825. The van der Waals surface area contributed by atoms with Crippen molar-refractivity contribution in [3.8, 4) is 12.3 Å². The number of hydrogen-bond acceptors (Lipinski definition) is 2. The topological polar surface area (TPSA) is 40.5 Å². The molecule has 0 atom stereocenters. The van der Waals surface area contributed by atoms with Crippen molar-refractivity contribution in [2.75, 3.05) is 18.0 Å². The molecule has 0 aliphatic rings. The van der Waals surface area contributed by atoms with Gasteiger partial charge in [0.1, 0.15) is 0 Å². The van der Waals surface area contributed by atoms with E-state index in [9.17, 15) is 4.79 Å². The average Bonchev–Trinajstić information content (AvgIpc) is 2.25. The maximum absolute atomic E-state index is 10.5. The van der Waals surface area contributed by atoms with E-state index in [2.05, 4.69) is 21.9 Å². The number of terminal acetylenes is 1. The fraction of sp³-hybridized carbons (Fsp3) is 0.250. The maximum Gasteiger partial charge on any atom is 0.305 e. The Hall–Kier alpha value is -1.47. The van der Waals surface area contributed by atoms with Gasteiger partial charge in [0.25, 0.3) is 0 Å². The molecule has 1 N–H and O–H groups in total. The normalized spacial score (nSPS) is 9.50. The van der Waals surface area contributed by atoms with Gasteiger partial charge in [-0.25, -0.2) is 0 Å². The molecular formula is C12H12BrNO2. The van der Waals surface area contributed by atoms with E-state index < -0.39 is 5.97 Å². The van der Waals surface area contributed by atoms with Crippen LogP contribution in [0.5, 0.6) is 0 Å². The third-order valence-corrected chi connectivity index (χ3v) is 2.74. The fourth-order valence-corrected chi connectivity index (χ4v) is 1.87. The summed E-state index contributed by atoms with van der Waals surface area (Å²) in [6.45, 7) is 0.804. The van der Waals surface area contributed by atoms with E-state index in [1.165, 1.54) is 0 Å². The number of hydrogen-bond donors (Lipinski definition) is 1. The first-order chi connectivity index (χ1) is 7.65. The predicted molar refractivity (Wildman–Crippen MR) is 67.4 cm³/mol. The van der Waals surface area contributed by atoms with Crippen LogP contribution in [0.4, 0.5) is 5.69 Å². The van der Waals surface area contributed by atoms with Crippen LogP contribution in [0.15, 0.2) is 28.7 Å². The standard InChI is InChI=1S/C12H12BrNO2/c1-2-8-14(9-7-12(15)16)11-6-4-3-5-10(11)13/h1,3-6H,7-9H2,(H,15,16). The number of carbonyl (C=O) groups is 1. The van der Waals surface area contributed by atoms with E-state index in [0.717, 1.165) is 10.2 Å². The van der Waals surface area contributed by atoms with Crippen molar-refractivity contribution in [2.24, 2.45) is 0 Å². The van der Waals surface area contributed by atoms with Gasteiger partial charge in [0.15, 0.2) is 0 Å². The van der Waals surface area contributed by atoms with Crippen molar-refractivity contribution in [3.05, 3.63) is 28.7 Å². The van der Waals surface area contributed by atoms with Crippen LogP contribution in [0.2, 0.25) is 0 Å². The highest BCUT2D eigenvalue weighted by atomic mass is 79.9. The molecule has 0 aliphatic carbocycles. The number of aliphatic carboxylic acids is 1. The number of benzene rings is 1. The van der Waals surface area contributed by atoms with Crippen LogP contribution in [0, 0.1) is 12.3 Å². The van der Waals surface area contributed by atoms with E-state index in [0.29, 0.717) is 13.1 Å². The molecule has 16 heavy (non-hydrogen) atoms. The minimum absolute atomic E-state index is 0.0724. The first-order valence-electron chi connectivity index (χ1n) is 4.80. The zero-order chi connectivity index (χ0) is 12.0. The van der Waals surface area contributed by atoms with Gasteiger partial charge in [-0.05, 0) is 28.1 Å². The summed E-state index contributed by atoms with van der Waals surface area (Å²) in [4.78, 5) is 12.4. The summed E-state index contributed by atoms with van der Waals surface area (Å²) in [5, 5.41) is 8.66. The summed E-state index contributed by atoms with van der Waals surface area (Å²) in [6, 6.07) is 7.60. The van der Waals surface area contributed by atoms with E-state index >= 15 is 0 Å². The molecule has 1 aromatic rings. The highest BCUT2D eigenvalue weighted by molar-refractivity contribution is 9.10. The molecule has 1 aromatic carbocycles. The molecule has 0 amide bonds. The molecule has 0 aromatic heterocycles. The van der Waals surface area contributed by atoms with Gasteiger partial charge in [0, 0.05) is 11.0 Å². The average molecular weight is 282 g/mol. The van der Waals surface area contributed by atoms with Crippen molar-refractivity contribution in [1.82, 2.24) is 0 Å². The first-order valence-corrected chi connectivity index (χ1v) is 5.59. The van der Waals surface area contributed by atoms with Crippen LogP contribution < -0.4 is 4.90 Å². The molecule has 0 radical (unpaired) electrons. The monoisotopic (exact) mass is 281 g/mol. The van der Waals surface area contributed by atoms with Gasteiger partial charge in [-0.15, -0.1) is 6.42 Å². The van der Waals surface area contributed by atoms with Crippen molar-refractivity contribution in [2.45, 2.75) is 6.42 Å². The summed E-state index contributed by atoms with van der Waals surface area (Å²) in [5.74, 6) is 1.70. The van der Waals surface area contributed by atoms with Crippen molar-refractivity contribution in [3.63, 3.8) is 0 Å². The number of para-hydroxylation sites is 1. The number of halogens is 1. The van der Waals surface area contributed by atoms with E-state index in [4.69, 9.17) is 11.5 Å². The van der Waals surface area contributed by atoms with Gasteiger partial charge in [0.05, 0.1) is 18.7 Å². The van der Waals surface area contributed by atoms with Crippen molar-refractivity contribution < 1.29 is 9.90 Å². The molecular weight excluding hydrogens is 270 g/mol. The summed E-state index contributed by atoms with van der Waals surface area (Å²) in [5.41, 5.74) is 0.918. The molecule has 0 bridgehead atoms. The highest BCUT2D eigenvalue weighted by Crippen LogP contribution is 2.25. The smallest absolute Gasteiger partial charge is 0.305 e. The molecule has 0 saturated carbocycles. The van der Waals surface area contributed by atoms with E-state index in [-0.39, 0.29) is 6.42 Å². The van der Waals surface area contributed by atoms with Gasteiger partial charge in [0.2, 0.25) is 0 Å². The Morgan fingerprint density at radius 2 is 2.19 bits per heavy atom. The lowest BCUT2D eigenvalue weighted by molar-refractivity contribution is -0.136. The van der Waals surface area contributed by atoms with Gasteiger partial charge >= 0.3 is 5.97 Å². The first kappa shape index (κ1) is 12.6. The molecule has 0 fully saturated rings. The van der Waals surface area contributed by atoms with Gasteiger partial charge in [-0.3, -0.25) is 4.79 Å². The second-order valence-corrected chi connectivity index (χ2v) is 4.08. The highest BCUT2D eigenvalue weighted by Gasteiger charge is 2.09. The zero-order valence-corrected chi connectivity index (χ0v) is 10.3. The number of anilines is 1. The van der Waals surface area contributed by atoms with Crippen LogP contribution >= 0.6 is 15.9 Å². The lowest BCUT2D eigenvalue weighted by Crippen LogP contribution is -2.26. The molecule has 0 aliphatic heterocycles. The minimum Gasteiger partial charge on any atom is -0.481 e. The van der Waals surface area contributed by atoms with Crippen molar-refractivity contribution in [1.29, 1.82) is 0 Å². The lowest BCUT2D eigenvalue weighted by Gasteiger charge is -2.22. The van der Waals surface area contributed by atoms with Crippen LogP contribution in [-0.2, 0) is 4.79 Å². The lowest BCUT2D eigenvalue weighted by atomic mass is 10.2. The number of carboxylic acids is 1. The van der Waals surface area contributed by atoms with E-state index in [1.54, 1.807) is 0 Å². The Labute approximate surface area is 103 Å². The Morgan fingerprint density at radius 1 is 1.50 bits per heavy atom. The molecule has 84 valence electrons. The van der Waals surface area contributed by atoms with Gasteiger partial charge in [-0.1, -0.05) is 18.1 Å². The molecule has 4 heteroatoms. The second kappa shape index (κ2) is 6.19. The Kier molecular flexibility index (Phi) is 4.87. The summed E-state index contributed by atoms with van der Waals surface area (Å²) < 4.78 is 0.913. The summed E-state index contributed by atoms with van der Waals surface area (Å²) in [7, 11) is 0. The van der Waals surface area contributed by atoms with Crippen molar-refractivity contribution >= 4 is 27.6 Å². The molecule has 1 rings (SSSR count). The third kappa shape index (κ3) is 3.59. The quantitative estimate of drug-likeness (QED) is 0.843. The Bertz CT molecular complexity index is 412. The molecule has 3 nitrogen and oxygen atoms in total. The van der Waals surface area contributed by atoms with Gasteiger partial charge in [-0.2, -0.15) is 0 Å². The van der Waals surface area contributed by atoms with Crippen LogP contribution in [0.1, 0.15) is 6.42 Å². The number of carboxylic acid groups (broad SMARTS) is 1. The molecule has 0 spiro atoms. The fourth-order valence-electron chi connectivity index (χ4n) is 1.33. The Balaban J connectivity index is 2.81. The summed E-state index contributed by atoms with van der Waals surface area (Å²) >= 11 is 3.42. The molecule has 0 heterocycles. The van der Waals surface area contributed by atoms with Crippen LogP contribution in [0.25, 0.3) is 0 Å². The van der Waals surface area contributed by atoms with Crippen LogP contribution in [-0.4, -0.2) is 24.2 Å². The number of nitrogens with zero attached hydrogens (tertiary/aromatic N) is 1. The predicted octanol–water partition coefficient (Wildman–Crippen LogP) is 2.36. The largest absolute Gasteiger partial charge is 0.481 e. The van der Waals surface area contributed by atoms with E-state index in [1.807, 2.05) is 29.2 Å². The third-order valence-electron chi connectivity index (χ3n) is 2.07. The van der Waals surface area contributed by atoms with Crippen LogP contribution in [0.3, 0.4) is 0 Å². The Morgan fingerprint density at radius 3 is 2.75 bits per heavy atom. The molecule has 0 saturated heterocycles. The number of rotatable bonds is 5. The second-order valence-electron chi connectivity index (χ2n) is 3.22. The van der Waals surface area contributed by atoms with Gasteiger partial charge < -0.3 is 10.0 Å². The zero-order valence-electron chi connectivity index (χ0n) is 8.69. The molecule has 0 unspecified atom stereocenters. The summed E-state index contributed by atoms with van der Waals surface area (Å²) in [6.07, 6.45) is 5.34. The maximum atomic E-state index is 10.5. The SMILES string of the molecule is C#CCN(CCC(=O)O)c1ccccc1Br.